The van der Waals surface area contributed by atoms with Gasteiger partial charge in [0.1, 0.15) is 0 Å². The number of benzene rings is 3. The first kappa shape index (κ1) is 20.9. The Hall–Kier alpha value is -3.80. The SMILES string of the molecule is CCN(CC)c1ccc(NC(=O)C(=O)N(c2ccccc2)c2ccc(N)cc2)cc1. The van der Waals surface area contributed by atoms with Crippen LogP contribution >= 0.6 is 0 Å². The second-order valence-corrected chi connectivity index (χ2v) is 6.74. The van der Waals surface area contributed by atoms with Crippen LogP contribution in [0.5, 0.6) is 0 Å². The van der Waals surface area contributed by atoms with Crippen molar-refractivity contribution in [3.05, 3.63) is 78.9 Å². The number of nitrogens with zero attached hydrogens (tertiary/aromatic N) is 2. The Morgan fingerprint density at radius 3 is 1.87 bits per heavy atom. The van der Waals surface area contributed by atoms with Crippen molar-refractivity contribution in [1.29, 1.82) is 0 Å². The zero-order chi connectivity index (χ0) is 21.5. The van der Waals surface area contributed by atoms with Crippen LogP contribution in [0.15, 0.2) is 78.9 Å². The number of nitrogens with two attached hydrogens (primary N) is 1. The molecule has 0 aliphatic heterocycles. The first-order valence-corrected chi connectivity index (χ1v) is 9.94. The van der Waals surface area contributed by atoms with E-state index in [4.69, 9.17) is 5.73 Å². The molecule has 0 aliphatic carbocycles. The summed E-state index contributed by atoms with van der Waals surface area (Å²) in [5.74, 6) is -1.40. The quantitative estimate of drug-likeness (QED) is 0.473. The molecular formula is C24H26N4O2. The fourth-order valence-electron chi connectivity index (χ4n) is 3.21. The van der Waals surface area contributed by atoms with Gasteiger partial charge in [0.2, 0.25) is 0 Å². The number of para-hydroxylation sites is 1. The molecule has 3 N–H and O–H groups in total. The third-order valence-corrected chi connectivity index (χ3v) is 4.82. The molecule has 0 unspecified atom stereocenters. The summed E-state index contributed by atoms with van der Waals surface area (Å²) >= 11 is 0. The van der Waals surface area contributed by atoms with E-state index >= 15 is 0 Å². The number of rotatable bonds is 6. The number of carbonyl (C=O) groups is 2. The minimum Gasteiger partial charge on any atom is -0.399 e. The van der Waals surface area contributed by atoms with Gasteiger partial charge < -0.3 is 16.0 Å². The lowest BCUT2D eigenvalue weighted by molar-refractivity contribution is -0.134. The number of amides is 2. The molecule has 0 fully saturated rings. The van der Waals surface area contributed by atoms with Gasteiger partial charge in [0.15, 0.2) is 0 Å². The predicted octanol–water partition coefficient (Wildman–Crippen LogP) is 4.42. The third-order valence-electron chi connectivity index (χ3n) is 4.82. The van der Waals surface area contributed by atoms with Crippen molar-refractivity contribution in [3.8, 4) is 0 Å². The number of nitrogen functional groups attached to an aromatic ring is 1. The number of nitrogens with one attached hydrogen (secondary N) is 1. The summed E-state index contributed by atoms with van der Waals surface area (Å²) in [6.07, 6.45) is 0. The van der Waals surface area contributed by atoms with Crippen LogP contribution in [-0.4, -0.2) is 24.9 Å². The van der Waals surface area contributed by atoms with Crippen molar-refractivity contribution in [3.63, 3.8) is 0 Å². The monoisotopic (exact) mass is 402 g/mol. The average molecular weight is 402 g/mol. The maximum atomic E-state index is 13.1. The molecule has 0 bridgehead atoms. The van der Waals surface area contributed by atoms with Crippen molar-refractivity contribution in [2.75, 3.05) is 33.9 Å². The molecule has 0 aliphatic rings. The van der Waals surface area contributed by atoms with Crippen LogP contribution in [0.1, 0.15) is 13.8 Å². The Bertz CT molecular complexity index is 982. The molecule has 3 aromatic rings. The second kappa shape index (κ2) is 9.60. The standard InChI is InChI=1S/C24H26N4O2/c1-3-27(4-2)20-16-12-19(13-17-20)26-23(29)24(30)28(21-8-6-5-7-9-21)22-14-10-18(25)11-15-22/h5-17H,3-4,25H2,1-2H3,(H,26,29). The minimum absolute atomic E-state index is 0.562. The third kappa shape index (κ3) is 4.78. The van der Waals surface area contributed by atoms with Crippen molar-refractivity contribution in [2.24, 2.45) is 0 Å². The molecule has 30 heavy (non-hydrogen) atoms. The largest absolute Gasteiger partial charge is 0.399 e. The molecule has 6 nitrogen and oxygen atoms in total. The number of carbonyl (C=O) groups excluding carboxylic acids is 2. The molecular weight excluding hydrogens is 376 g/mol. The Balaban J connectivity index is 1.82. The van der Waals surface area contributed by atoms with Crippen LogP contribution in [0.2, 0.25) is 0 Å². The van der Waals surface area contributed by atoms with Crippen LogP contribution in [0.4, 0.5) is 28.4 Å². The highest BCUT2D eigenvalue weighted by Gasteiger charge is 2.25. The van der Waals surface area contributed by atoms with E-state index < -0.39 is 11.8 Å². The zero-order valence-electron chi connectivity index (χ0n) is 17.2. The van der Waals surface area contributed by atoms with Gasteiger partial charge in [0, 0.05) is 41.5 Å². The molecule has 0 aromatic heterocycles. The van der Waals surface area contributed by atoms with Gasteiger partial charge in [-0.1, -0.05) is 18.2 Å². The average Bonchev–Trinajstić information content (AvgIpc) is 2.78. The molecule has 3 rings (SSSR count). The van der Waals surface area contributed by atoms with Gasteiger partial charge in [0.25, 0.3) is 0 Å². The van der Waals surface area contributed by atoms with Crippen LogP contribution in [0, 0.1) is 0 Å². The highest BCUT2D eigenvalue weighted by atomic mass is 16.2. The van der Waals surface area contributed by atoms with E-state index in [-0.39, 0.29) is 0 Å². The van der Waals surface area contributed by atoms with Crippen LogP contribution < -0.4 is 20.9 Å². The van der Waals surface area contributed by atoms with E-state index in [2.05, 4.69) is 24.1 Å². The number of anilines is 5. The summed E-state index contributed by atoms with van der Waals surface area (Å²) in [5.41, 5.74) is 9.14. The van der Waals surface area contributed by atoms with E-state index in [9.17, 15) is 9.59 Å². The molecule has 3 aromatic carbocycles. The van der Waals surface area contributed by atoms with Gasteiger partial charge in [0.05, 0.1) is 0 Å². The van der Waals surface area contributed by atoms with E-state index in [1.165, 1.54) is 4.90 Å². The van der Waals surface area contributed by atoms with Gasteiger partial charge in [-0.2, -0.15) is 0 Å². The molecule has 154 valence electrons. The smallest absolute Gasteiger partial charge is 0.321 e. The van der Waals surface area contributed by atoms with Gasteiger partial charge >= 0.3 is 11.8 Å². The van der Waals surface area contributed by atoms with Crippen molar-refractivity contribution >= 4 is 40.3 Å². The van der Waals surface area contributed by atoms with Crippen LogP contribution in [0.25, 0.3) is 0 Å². The second-order valence-electron chi connectivity index (χ2n) is 6.74. The van der Waals surface area contributed by atoms with Crippen LogP contribution in [-0.2, 0) is 9.59 Å². The first-order valence-electron chi connectivity index (χ1n) is 9.94. The van der Waals surface area contributed by atoms with Gasteiger partial charge in [-0.3, -0.25) is 14.5 Å². The van der Waals surface area contributed by atoms with Gasteiger partial charge in [-0.05, 0) is 74.5 Å². The fraction of sp³-hybridized carbons (Fsp3) is 0.167. The van der Waals surface area contributed by atoms with Gasteiger partial charge in [-0.15, -0.1) is 0 Å². The zero-order valence-corrected chi connectivity index (χ0v) is 17.2. The molecule has 6 heteroatoms. The number of hydrogen-bond acceptors (Lipinski definition) is 4. The first-order chi connectivity index (χ1) is 14.5. The molecule has 2 amide bonds. The molecule has 0 atom stereocenters. The predicted molar refractivity (Wildman–Crippen MR) is 123 cm³/mol. The summed E-state index contributed by atoms with van der Waals surface area (Å²) in [7, 11) is 0. The van der Waals surface area contributed by atoms with Gasteiger partial charge in [-0.25, -0.2) is 0 Å². The minimum atomic E-state index is -0.716. The lowest BCUT2D eigenvalue weighted by Crippen LogP contribution is -2.36. The summed E-state index contributed by atoms with van der Waals surface area (Å²) < 4.78 is 0. The lowest BCUT2D eigenvalue weighted by Gasteiger charge is -2.23. The van der Waals surface area contributed by atoms with E-state index in [1.807, 2.05) is 30.3 Å². The Morgan fingerprint density at radius 2 is 1.30 bits per heavy atom. The number of hydrogen-bond donors (Lipinski definition) is 2. The summed E-state index contributed by atoms with van der Waals surface area (Å²) in [6.45, 7) is 5.98. The summed E-state index contributed by atoms with van der Waals surface area (Å²) in [6, 6.07) is 23.3. The lowest BCUT2D eigenvalue weighted by atomic mass is 10.2. The maximum absolute atomic E-state index is 13.1. The highest BCUT2D eigenvalue weighted by Crippen LogP contribution is 2.27. The molecule has 0 saturated carbocycles. The van der Waals surface area contributed by atoms with Crippen molar-refractivity contribution in [2.45, 2.75) is 13.8 Å². The molecule has 0 spiro atoms. The molecule has 0 heterocycles. The van der Waals surface area contributed by atoms with E-state index in [0.29, 0.717) is 22.7 Å². The van der Waals surface area contributed by atoms with Crippen molar-refractivity contribution in [1.82, 2.24) is 0 Å². The molecule has 0 saturated heterocycles. The Labute approximate surface area is 176 Å². The molecule has 0 radical (unpaired) electrons. The van der Waals surface area contributed by atoms with E-state index in [1.54, 1.807) is 48.5 Å². The fourth-order valence-corrected chi connectivity index (χ4v) is 3.21. The normalized spacial score (nSPS) is 10.3. The van der Waals surface area contributed by atoms with Crippen molar-refractivity contribution < 1.29 is 9.59 Å². The van der Waals surface area contributed by atoms with E-state index in [0.717, 1.165) is 18.8 Å². The maximum Gasteiger partial charge on any atom is 0.321 e. The summed E-state index contributed by atoms with van der Waals surface area (Å²) in [5, 5.41) is 2.70. The van der Waals surface area contributed by atoms with Crippen LogP contribution in [0.3, 0.4) is 0 Å². The summed E-state index contributed by atoms with van der Waals surface area (Å²) in [4.78, 5) is 29.4. The Morgan fingerprint density at radius 1 is 0.767 bits per heavy atom. The topological polar surface area (TPSA) is 78.7 Å². The Kier molecular flexibility index (Phi) is 6.70. The highest BCUT2D eigenvalue weighted by molar-refractivity contribution is 6.45.